The fourth-order valence-corrected chi connectivity index (χ4v) is 5.04. The summed E-state index contributed by atoms with van der Waals surface area (Å²) in [6, 6.07) is 15.1. The van der Waals surface area contributed by atoms with Crippen LogP contribution in [-0.4, -0.2) is 65.9 Å². The Bertz CT molecular complexity index is 1580. The number of aryl methyl sites for hydroxylation is 1. The van der Waals surface area contributed by atoms with Gasteiger partial charge < -0.3 is 25.9 Å². The van der Waals surface area contributed by atoms with Gasteiger partial charge in [0, 0.05) is 24.9 Å². The van der Waals surface area contributed by atoms with Crippen LogP contribution in [0.3, 0.4) is 0 Å². The monoisotopic (exact) mass is 636 g/mol. The maximum absolute atomic E-state index is 13.1. The lowest BCUT2D eigenvalue weighted by Gasteiger charge is -2.18. The Hall–Kier alpha value is -4.82. The number of hydrogen-bond donors (Lipinski definition) is 5. The first-order chi connectivity index (χ1) is 21.8. The second-order valence-corrected chi connectivity index (χ2v) is 10.7. The number of tetrazole rings is 1. The topological polar surface area (TPSA) is 212 Å². The summed E-state index contributed by atoms with van der Waals surface area (Å²) in [7, 11) is 0. The Kier molecular flexibility index (Phi) is 12.0. The number of H-pyrrole nitrogens is 1. The highest BCUT2D eigenvalue weighted by molar-refractivity contribution is 6.30. The summed E-state index contributed by atoms with van der Waals surface area (Å²) in [5.41, 5.74) is 15.2. The summed E-state index contributed by atoms with van der Waals surface area (Å²) < 4.78 is 7.67. The van der Waals surface area contributed by atoms with Crippen molar-refractivity contribution >= 4 is 29.5 Å². The predicted octanol–water partition coefficient (Wildman–Crippen LogP) is 3.26. The maximum Gasteiger partial charge on any atom is 0.323 e. The molecule has 0 fully saturated rings. The number of aromatic nitrogens is 6. The molecule has 1 atom stereocenters. The number of aliphatic carboxylic acids is 1. The van der Waals surface area contributed by atoms with Crippen molar-refractivity contribution < 1.29 is 19.4 Å². The SMILES string of the molecule is CCCCc1nc(Cl)c(COC(=O)[C@H](CCCC(=O)O)NCN=C(N)N)n1Cc1ccc(-c2ccccc2-c2nn[nH]n2)cc1. The molecule has 0 bridgehead atoms. The fraction of sp³-hybridized carbons (Fsp3) is 0.367. The first-order valence-corrected chi connectivity index (χ1v) is 15.0. The molecule has 45 heavy (non-hydrogen) atoms. The number of rotatable bonds is 17. The van der Waals surface area contributed by atoms with Crippen LogP contribution in [0.4, 0.5) is 0 Å². The normalized spacial score (nSPS) is 11.7. The molecule has 0 radical (unpaired) electrons. The Morgan fingerprint density at radius 2 is 1.89 bits per heavy atom. The number of imidazole rings is 1. The second kappa shape index (κ2) is 16.3. The van der Waals surface area contributed by atoms with Crippen LogP contribution in [0.5, 0.6) is 0 Å². The average molecular weight is 637 g/mol. The van der Waals surface area contributed by atoms with Crippen LogP contribution in [0.15, 0.2) is 53.5 Å². The van der Waals surface area contributed by atoms with Crippen LogP contribution in [0.25, 0.3) is 22.5 Å². The van der Waals surface area contributed by atoms with Crippen LogP contribution < -0.4 is 16.8 Å². The number of nitrogens with zero attached hydrogens (tertiary/aromatic N) is 6. The van der Waals surface area contributed by atoms with Crippen LogP contribution >= 0.6 is 11.6 Å². The van der Waals surface area contributed by atoms with Gasteiger partial charge in [-0.1, -0.05) is 73.5 Å². The predicted molar refractivity (Wildman–Crippen MR) is 169 cm³/mol. The van der Waals surface area contributed by atoms with Crippen LogP contribution in [0, 0.1) is 0 Å². The summed E-state index contributed by atoms with van der Waals surface area (Å²) in [6.07, 6.45) is 3.00. The third-order valence-corrected chi connectivity index (χ3v) is 7.40. The van der Waals surface area contributed by atoms with E-state index >= 15 is 0 Å². The number of carbonyl (C=O) groups is 2. The number of aliphatic imine (C=N–C) groups is 1. The molecule has 7 N–H and O–H groups in total. The molecule has 0 spiro atoms. The van der Waals surface area contributed by atoms with Gasteiger partial charge in [0.05, 0.1) is 12.4 Å². The highest BCUT2D eigenvalue weighted by atomic mass is 35.5. The molecule has 15 heteroatoms. The number of hydrogen-bond acceptors (Lipinski definition) is 9. The van der Waals surface area contributed by atoms with Gasteiger partial charge in [-0.3, -0.25) is 14.9 Å². The van der Waals surface area contributed by atoms with Gasteiger partial charge in [-0.2, -0.15) is 5.21 Å². The smallest absolute Gasteiger partial charge is 0.323 e. The van der Waals surface area contributed by atoms with Gasteiger partial charge in [0.15, 0.2) is 11.1 Å². The lowest BCUT2D eigenvalue weighted by Crippen LogP contribution is -2.39. The van der Waals surface area contributed by atoms with Gasteiger partial charge in [-0.05, 0) is 41.2 Å². The molecule has 238 valence electrons. The summed E-state index contributed by atoms with van der Waals surface area (Å²) in [5.74, 6) is -0.360. The quantitative estimate of drug-likeness (QED) is 0.0644. The number of nitrogens with one attached hydrogen (secondary N) is 2. The van der Waals surface area contributed by atoms with E-state index < -0.39 is 18.0 Å². The molecular formula is C30H37ClN10O4. The van der Waals surface area contributed by atoms with Crippen molar-refractivity contribution in [3.05, 3.63) is 70.8 Å². The number of unbranched alkanes of at least 4 members (excludes halogenated alkanes) is 1. The molecule has 14 nitrogen and oxygen atoms in total. The zero-order valence-electron chi connectivity index (χ0n) is 24.9. The van der Waals surface area contributed by atoms with Crippen molar-refractivity contribution in [2.45, 2.75) is 64.6 Å². The molecular weight excluding hydrogens is 600 g/mol. The van der Waals surface area contributed by atoms with E-state index in [2.05, 4.69) is 42.8 Å². The van der Waals surface area contributed by atoms with Crippen molar-refractivity contribution in [2.75, 3.05) is 6.67 Å². The minimum absolute atomic E-state index is 0.0232. The lowest BCUT2D eigenvalue weighted by atomic mass is 9.98. The van der Waals surface area contributed by atoms with E-state index in [0.29, 0.717) is 24.5 Å². The number of ether oxygens (including phenoxy) is 1. The largest absolute Gasteiger partial charge is 0.481 e. The van der Waals surface area contributed by atoms with E-state index in [0.717, 1.165) is 40.9 Å². The number of carboxylic acids is 1. The van der Waals surface area contributed by atoms with Gasteiger partial charge >= 0.3 is 11.9 Å². The number of benzene rings is 2. The number of carboxylic acid groups (broad SMARTS) is 1. The van der Waals surface area contributed by atoms with E-state index in [-0.39, 0.29) is 43.7 Å². The van der Waals surface area contributed by atoms with E-state index in [1.54, 1.807) is 0 Å². The fourth-order valence-electron chi connectivity index (χ4n) is 4.78. The van der Waals surface area contributed by atoms with E-state index in [9.17, 15) is 9.59 Å². The number of esters is 1. The summed E-state index contributed by atoms with van der Waals surface area (Å²) in [5, 5.41) is 26.6. The molecule has 4 aromatic rings. The van der Waals surface area contributed by atoms with Gasteiger partial charge in [-0.25, -0.2) is 9.98 Å². The molecule has 0 saturated carbocycles. The number of carbonyl (C=O) groups excluding carboxylic acids is 1. The lowest BCUT2D eigenvalue weighted by molar-refractivity contribution is -0.148. The molecule has 0 aliphatic carbocycles. The molecule has 4 rings (SSSR count). The average Bonchev–Trinajstić information content (AvgIpc) is 3.66. The number of guanidine groups is 1. The first-order valence-electron chi connectivity index (χ1n) is 14.6. The first kappa shape index (κ1) is 33.1. The molecule has 2 aromatic heterocycles. The third-order valence-electron chi connectivity index (χ3n) is 7.09. The summed E-state index contributed by atoms with van der Waals surface area (Å²) in [6.45, 7) is 2.42. The minimum atomic E-state index is -0.953. The van der Waals surface area contributed by atoms with Gasteiger partial charge in [0.25, 0.3) is 0 Å². The summed E-state index contributed by atoms with van der Waals surface area (Å²) in [4.78, 5) is 32.5. The van der Waals surface area contributed by atoms with E-state index in [4.69, 9.17) is 32.9 Å². The minimum Gasteiger partial charge on any atom is -0.481 e. The highest BCUT2D eigenvalue weighted by Crippen LogP contribution is 2.30. The Morgan fingerprint density at radius 3 is 2.56 bits per heavy atom. The van der Waals surface area contributed by atoms with Gasteiger partial charge in [-0.15, -0.1) is 10.2 Å². The van der Waals surface area contributed by atoms with Crippen LogP contribution in [-0.2, 0) is 33.9 Å². The van der Waals surface area contributed by atoms with Crippen LogP contribution in [0.1, 0.15) is 56.1 Å². The van der Waals surface area contributed by atoms with Crippen molar-refractivity contribution in [2.24, 2.45) is 16.5 Å². The zero-order valence-corrected chi connectivity index (χ0v) is 25.7. The Balaban J connectivity index is 1.52. The molecule has 0 saturated heterocycles. The molecule has 2 aromatic carbocycles. The maximum atomic E-state index is 13.1. The standard InChI is InChI=1S/C30H37ClN10O4/c1-2-3-10-25-36-27(31)24(17-45-29(44)23(9-6-11-26(42)43)34-18-35-30(32)33)41(25)16-19-12-14-20(15-13-19)21-7-4-5-8-22(21)28-37-39-40-38-28/h4-5,7-8,12-15,23,34H,2-3,6,9-11,16-18H2,1H3,(H,42,43)(H4,32,33,35)(H,37,38,39,40)/t23-/m0/s1. The molecule has 0 aliphatic heterocycles. The van der Waals surface area contributed by atoms with Crippen molar-refractivity contribution in [3.63, 3.8) is 0 Å². The molecule has 2 heterocycles. The third kappa shape index (κ3) is 9.33. The van der Waals surface area contributed by atoms with Crippen LogP contribution in [0.2, 0.25) is 5.15 Å². The zero-order chi connectivity index (χ0) is 32.2. The molecule has 0 unspecified atom stereocenters. The van der Waals surface area contributed by atoms with Gasteiger partial charge in [0.1, 0.15) is 18.5 Å². The number of nitrogens with two attached hydrogens (primary N) is 2. The second-order valence-electron chi connectivity index (χ2n) is 10.3. The molecule has 0 aliphatic rings. The van der Waals surface area contributed by atoms with Crippen molar-refractivity contribution in [3.8, 4) is 22.5 Å². The Labute approximate surface area is 265 Å². The molecule has 0 amide bonds. The van der Waals surface area contributed by atoms with E-state index in [1.807, 2.05) is 53.1 Å². The van der Waals surface area contributed by atoms with Gasteiger partial charge in [0.2, 0.25) is 5.82 Å². The van der Waals surface area contributed by atoms with Crippen molar-refractivity contribution in [1.82, 2.24) is 35.5 Å². The summed E-state index contributed by atoms with van der Waals surface area (Å²) >= 11 is 6.60. The van der Waals surface area contributed by atoms with E-state index in [1.165, 1.54) is 0 Å². The number of aromatic amines is 1. The number of halogens is 1. The van der Waals surface area contributed by atoms with Crippen molar-refractivity contribution in [1.29, 1.82) is 0 Å². The highest BCUT2D eigenvalue weighted by Gasteiger charge is 2.23. The Morgan fingerprint density at radius 1 is 1.13 bits per heavy atom.